The summed E-state index contributed by atoms with van der Waals surface area (Å²) in [4.78, 5) is 28.3. The van der Waals surface area contributed by atoms with Crippen LogP contribution < -0.4 is 10.9 Å². The number of carbonyl (C=O) groups is 1. The van der Waals surface area contributed by atoms with Crippen molar-refractivity contribution < 1.29 is 22.7 Å². The van der Waals surface area contributed by atoms with Gasteiger partial charge in [0, 0.05) is 12.1 Å². The zero-order chi connectivity index (χ0) is 23.3. The fourth-order valence-electron chi connectivity index (χ4n) is 3.15. The number of allylic oxidation sites excluding steroid dienone is 1. The smallest absolute Gasteiger partial charge is 0.416 e. The number of halogens is 6. The van der Waals surface area contributed by atoms with E-state index in [2.05, 4.69) is 15.4 Å². The van der Waals surface area contributed by atoms with Gasteiger partial charge in [0.1, 0.15) is 12.0 Å². The van der Waals surface area contributed by atoms with Crippen LogP contribution in [0.15, 0.2) is 41.3 Å². The molecule has 8 nitrogen and oxygen atoms in total. The molecule has 1 N–H and O–H groups in total. The zero-order valence-electron chi connectivity index (χ0n) is 15.7. The summed E-state index contributed by atoms with van der Waals surface area (Å²) < 4.78 is 45.1. The van der Waals surface area contributed by atoms with Crippen molar-refractivity contribution in [3.63, 3.8) is 0 Å². The Kier molecular flexibility index (Phi) is 5.60. The van der Waals surface area contributed by atoms with Crippen LogP contribution >= 0.6 is 34.8 Å². The van der Waals surface area contributed by atoms with Gasteiger partial charge in [-0.25, -0.2) is 9.48 Å². The highest BCUT2D eigenvalue weighted by molar-refractivity contribution is 6.67. The number of anilines is 1. The molecule has 0 aliphatic carbocycles. The second-order valence-electron chi connectivity index (χ2n) is 6.63. The van der Waals surface area contributed by atoms with E-state index >= 15 is 0 Å². The summed E-state index contributed by atoms with van der Waals surface area (Å²) in [6.45, 7) is -0.478. The minimum Gasteiger partial charge on any atom is -0.445 e. The summed E-state index contributed by atoms with van der Waals surface area (Å²) in [5.41, 5.74) is -0.713. The summed E-state index contributed by atoms with van der Waals surface area (Å²) in [7, 11) is 0. The SMILES string of the molecule is O=C(Nc1nc(=O)c2cnn3c2n1CC=C3c1cccc(C(F)(F)F)c1)OCC(Cl)(Cl)Cl. The van der Waals surface area contributed by atoms with Gasteiger partial charge in [-0.05, 0) is 18.2 Å². The molecule has 0 saturated heterocycles. The first kappa shape index (κ1) is 22.4. The number of aromatic nitrogens is 4. The van der Waals surface area contributed by atoms with Crippen LogP contribution in [0.3, 0.4) is 0 Å². The Morgan fingerprint density at radius 3 is 2.69 bits per heavy atom. The molecule has 3 heterocycles. The van der Waals surface area contributed by atoms with Crippen LogP contribution in [0.1, 0.15) is 11.1 Å². The van der Waals surface area contributed by atoms with Gasteiger partial charge in [0.25, 0.3) is 5.56 Å². The lowest BCUT2D eigenvalue weighted by atomic mass is 10.1. The molecule has 32 heavy (non-hydrogen) atoms. The molecule has 0 bridgehead atoms. The summed E-state index contributed by atoms with van der Waals surface area (Å²) in [6, 6.07) is 4.72. The number of nitrogens with zero attached hydrogens (tertiary/aromatic N) is 4. The number of hydrogen-bond acceptors (Lipinski definition) is 5. The Labute approximate surface area is 192 Å². The van der Waals surface area contributed by atoms with Crippen molar-refractivity contribution in [2.75, 3.05) is 11.9 Å². The number of ether oxygens (including phenoxy) is 1. The number of amides is 1. The van der Waals surface area contributed by atoms with Crippen LogP contribution in [0, 0.1) is 0 Å². The van der Waals surface area contributed by atoms with Gasteiger partial charge in [-0.15, -0.1) is 0 Å². The zero-order valence-corrected chi connectivity index (χ0v) is 17.9. The minimum absolute atomic E-state index is 0.0706. The van der Waals surface area contributed by atoms with Crippen molar-refractivity contribution in [3.8, 4) is 0 Å². The van der Waals surface area contributed by atoms with Crippen LogP contribution in [0.5, 0.6) is 0 Å². The summed E-state index contributed by atoms with van der Waals surface area (Å²) in [6.07, 6.45) is -2.71. The second kappa shape index (κ2) is 7.98. The lowest BCUT2D eigenvalue weighted by Crippen LogP contribution is -2.27. The average Bonchev–Trinajstić information content (AvgIpc) is 3.15. The van der Waals surface area contributed by atoms with Crippen molar-refractivity contribution in [2.45, 2.75) is 16.5 Å². The molecule has 0 radical (unpaired) electrons. The quantitative estimate of drug-likeness (QED) is 0.529. The minimum atomic E-state index is -4.52. The fraction of sp³-hybridized carbons (Fsp3) is 0.222. The summed E-state index contributed by atoms with van der Waals surface area (Å²) in [5.74, 6) is -0.169. The first-order valence-corrected chi connectivity index (χ1v) is 9.95. The molecule has 2 aromatic heterocycles. The number of alkyl halides is 6. The molecule has 1 aliphatic rings. The second-order valence-corrected chi connectivity index (χ2v) is 9.15. The maximum atomic E-state index is 13.1. The van der Waals surface area contributed by atoms with Crippen molar-refractivity contribution in [1.82, 2.24) is 19.3 Å². The van der Waals surface area contributed by atoms with E-state index < -0.39 is 33.8 Å². The van der Waals surface area contributed by atoms with E-state index in [-0.39, 0.29) is 29.1 Å². The van der Waals surface area contributed by atoms with Crippen molar-refractivity contribution in [1.29, 1.82) is 0 Å². The van der Waals surface area contributed by atoms with Gasteiger partial charge in [0.2, 0.25) is 9.74 Å². The standard InChI is InChI=1S/C18H11Cl3F3N5O3/c19-17(20,21)8-32-16(31)27-15-26-13(30)11-7-25-29-12(4-5-28(15)14(11)29)9-2-1-3-10(6-9)18(22,23)24/h1-4,6-7H,5,8H2,(H,26,27,30,31). The Morgan fingerprint density at radius 1 is 1.25 bits per heavy atom. The summed E-state index contributed by atoms with van der Waals surface area (Å²) >= 11 is 16.6. The Bertz CT molecular complexity index is 1310. The maximum Gasteiger partial charge on any atom is 0.416 e. The molecule has 1 amide bonds. The third-order valence-corrected chi connectivity index (χ3v) is 4.78. The molecule has 1 aromatic carbocycles. The molecular formula is C18H11Cl3F3N5O3. The fourth-order valence-corrected chi connectivity index (χ4v) is 3.31. The highest BCUT2D eigenvalue weighted by Crippen LogP contribution is 2.33. The monoisotopic (exact) mass is 507 g/mol. The van der Waals surface area contributed by atoms with Gasteiger partial charge in [-0.2, -0.15) is 23.3 Å². The predicted molar refractivity (Wildman–Crippen MR) is 112 cm³/mol. The number of hydrogen-bond donors (Lipinski definition) is 1. The lowest BCUT2D eigenvalue weighted by molar-refractivity contribution is -0.137. The van der Waals surface area contributed by atoms with Crippen molar-refractivity contribution in [2.24, 2.45) is 0 Å². The molecule has 168 valence electrons. The number of benzene rings is 1. The Hall–Kier alpha value is -2.76. The van der Waals surface area contributed by atoms with Crippen LogP contribution in [0.4, 0.5) is 23.9 Å². The summed E-state index contributed by atoms with van der Waals surface area (Å²) in [5, 5.41) is 6.55. The van der Waals surface area contributed by atoms with Gasteiger partial charge in [-0.1, -0.05) is 46.9 Å². The third kappa shape index (κ3) is 4.41. The van der Waals surface area contributed by atoms with E-state index in [9.17, 15) is 22.8 Å². The van der Waals surface area contributed by atoms with Gasteiger partial charge in [0.05, 0.1) is 17.5 Å². The normalized spacial score (nSPS) is 13.8. The van der Waals surface area contributed by atoms with E-state index in [0.717, 1.165) is 12.1 Å². The third-order valence-electron chi connectivity index (χ3n) is 4.45. The molecule has 1 aliphatic heterocycles. The first-order chi connectivity index (χ1) is 14.9. The molecular weight excluding hydrogens is 498 g/mol. The van der Waals surface area contributed by atoms with Crippen LogP contribution in [-0.2, 0) is 17.5 Å². The maximum absolute atomic E-state index is 13.1. The van der Waals surface area contributed by atoms with Gasteiger partial charge < -0.3 is 4.74 Å². The van der Waals surface area contributed by atoms with Crippen molar-refractivity contribution in [3.05, 3.63) is 58.0 Å². The van der Waals surface area contributed by atoms with Crippen molar-refractivity contribution >= 4 is 63.6 Å². The molecule has 0 unspecified atom stereocenters. The van der Waals surface area contributed by atoms with E-state index in [0.29, 0.717) is 5.70 Å². The molecule has 14 heteroatoms. The van der Waals surface area contributed by atoms with Crippen LogP contribution in [-0.4, -0.2) is 35.8 Å². The topological polar surface area (TPSA) is 91.0 Å². The lowest BCUT2D eigenvalue weighted by Gasteiger charge is -2.21. The highest BCUT2D eigenvalue weighted by Gasteiger charge is 2.31. The predicted octanol–water partition coefficient (Wildman–Crippen LogP) is 4.43. The van der Waals surface area contributed by atoms with Crippen LogP contribution in [0.25, 0.3) is 16.7 Å². The largest absolute Gasteiger partial charge is 0.445 e. The Balaban J connectivity index is 1.73. The molecule has 4 rings (SSSR count). The first-order valence-electron chi connectivity index (χ1n) is 8.81. The molecule has 0 atom stereocenters. The number of carbonyl (C=O) groups excluding carboxylic acids is 1. The molecule has 0 fully saturated rings. The number of nitrogens with one attached hydrogen (secondary N) is 1. The number of rotatable bonds is 3. The molecule has 0 saturated carbocycles. The van der Waals surface area contributed by atoms with E-state index in [1.165, 1.54) is 27.6 Å². The van der Waals surface area contributed by atoms with E-state index in [1.807, 2.05) is 0 Å². The molecule has 0 spiro atoms. The average molecular weight is 509 g/mol. The molecule has 3 aromatic rings. The van der Waals surface area contributed by atoms with E-state index in [4.69, 9.17) is 39.5 Å². The van der Waals surface area contributed by atoms with Crippen LogP contribution in [0.2, 0.25) is 0 Å². The van der Waals surface area contributed by atoms with Gasteiger partial charge >= 0.3 is 12.3 Å². The Morgan fingerprint density at radius 2 is 2.00 bits per heavy atom. The highest BCUT2D eigenvalue weighted by atomic mass is 35.6. The van der Waals surface area contributed by atoms with Gasteiger partial charge in [0.15, 0.2) is 5.65 Å². The van der Waals surface area contributed by atoms with E-state index in [1.54, 1.807) is 6.08 Å². The van der Waals surface area contributed by atoms with Gasteiger partial charge in [-0.3, -0.25) is 14.7 Å².